The number of carboxylic acid groups (broad SMARTS) is 1. The van der Waals surface area contributed by atoms with E-state index in [-0.39, 0.29) is 6.42 Å². The van der Waals surface area contributed by atoms with E-state index >= 15 is 0 Å². The van der Waals surface area contributed by atoms with Crippen molar-refractivity contribution in [1.29, 1.82) is 0 Å². The third-order valence-corrected chi connectivity index (χ3v) is 3.22. The van der Waals surface area contributed by atoms with Crippen molar-refractivity contribution in [3.8, 4) is 11.5 Å². The fraction of sp³-hybridized carbons (Fsp3) is 0.231. The predicted octanol–water partition coefficient (Wildman–Crippen LogP) is 2.36. The van der Waals surface area contributed by atoms with E-state index < -0.39 is 5.97 Å². The highest BCUT2D eigenvalue weighted by Crippen LogP contribution is 2.19. The summed E-state index contributed by atoms with van der Waals surface area (Å²) in [5, 5.41) is 11.1. The zero-order chi connectivity index (χ0) is 13.7. The number of carbonyl (C=O) groups is 1. The monoisotopic (exact) mass is 279 g/mol. The van der Waals surface area contributed by atoms with Gasteiger partial charge in [-0.1, -0.05) is 0 Å². The summed E-state index contributed by atoms with van der Waals surface area (Å²) in [7, 11) is 1.61. The second-order valence-corrected chi connectivity index (χ2v) is 4.71. The number of nitrogens with zero attached hydrogens (tertiary/aromatic N) is 1. The first-order valence-electron chi connectivity index (χ1n) is 5.59. The Kier molecular flexibility index (Phi) is 4.35. The minimum Gasteiger partial charge on any atom is -0.497 e. The van der Waals surface area contributed by atoms with Crippen LogP contribution in [0, 0.1) is 0 Å². The van der Waals surface area contributed by atoms with Crippen molar-refractivity contribution < 1.29 is 19.4 Å². The minimum atomic E-state index is -0.882. The van der Waals surface area contributed by atoms with Gasteiger partial charge in [0.25, 0.3) is 0 Å². The van der Waals surface area contributed by atoms with E-state index in [0.29, 0.717) is 12.3 Å². The maximum atomic E-state index is 10.5. The number of methoxy groups -OCH3 is 1. The second-order valence-electron chi connectivity index (χ2n) is 3.77. The number of hydrogen-bond donors (Lipinski definition) is 1. The summed E-state index contributed by atoms with van der Waals surface area (Å²) in [6.07, 6.45) is -0.0565. The van der Waals surface area contributed by atoms with Crippen LogP contribution in [0.1, 0.15) is 10.7 Å². The molecule has 19 heavy (non-hydrogen) atoms. The molecule has 2 rings (SSSR count). The summed E-state index contributed by atoms with van der Waals surface area (Å²) in [5.41, 5.74) is 0.561. The van der Waals surface area contributed by atoms with Crippen molar-refractivity contribution >= 4 is 17.3 Å². The van der Waals surface area contributed by atoms with Crippen LogP contribution in [0.5, 0.6) is 11.5 Å². The number of benzene rings is 1. The molecule has 0 aliphatic heterocycles. The molecule has 0 aliphatic rings. The molecule has 0 saturated heterocycles. The highest BCUT2D eigenvalue weighted by atomic mass is 32.1. The van der Waals surface area contributed by atoms with Gasteiger partial charge in [0.15, 0.2) is 0 Å². The van der Waals surface area contributed by atoms with Gasteiger partial charge in [-0.3, -0.25) is 4.79 Å². The molecule has 100 valence electrons. The zero-order valence-corrected chi connectivity index (χ0v) is 11.1. The number of aromatic nitrogens is 1. The van der Waals surface area contributed by atoms with E-state index in [1.54, 1.807) is 12.5 Å². The van der Waals surface area contributed by atoms with Crippen LogP contribution in [0.3, 0.4) is 0 Å². The maximum absolute atomic E-state index is 10.5. The molecular formula is C13H13NO4S. The average Bonchev–Trinajstić information content (AvgIpc) is 2.84. The third-order valence-electron chi connectivity index (χ3n) is 2.35. The summed E-state index contributed by atoms with van der Waals surface area (Å²) < 4.78 is 10.6. The largest absolute Gasteiger partial charge is 0.497 e. The number of aliphatic carboxylic acids is 1. The smallest absolute Gasteiger partial charge is 0.309 e. The molecule has 0 radical (unpaired) electrons. The molecule has 0 aliphatic carbocycles. The SMILES string of the molecule is COc1ccc(OCc2nc(CC(=O)O)cs2)cc1. The van der Waals surface area contributed by atoms with Gasteiger partial charge in [-0.15, -0.1) is 11.3 Å². The summed E-state index contributed by atoms with van der Waals surface area (Å²) in [4.78, 5) is 14.7. The number of carboxylic acids is 1. The highest BCUT2D eigenvalue weighted by molar-refractivity contribution is 7.09. The molecule has 1 aromatic heterocycles. The van der Waals surface area contributed by atoms with Crippen molar-refractivity contribution in [2.45, 2.75) is 13.0 Å². The summed E-state index contributed by atoms with van der Waals surface area (Å²) in [5.74, 6) is 0.606. The van der Waals surface area contributed by atoms with E-state index in [9.17, 15) is 4.79 Å². The van der Waals surface area contributed by atoms with E-state index in [2.05, 4.69) is 4.98 Å². The van der Waals surface area contributed by atoms with Crippen molar-refractivity contribution in [2.75, 3.05) is 7.11 Å². The topological polar surface area (TPSA) is 68.7 Å². The van der Waals surface area contributed by atoms with E-state index in [4.69, 9.17) is 14.6 Å². The molecule has 0 fully saturated rings. The first kappa shape index (κ1) is 13.4. The molecule has 0 bridgehead atoms. The zero-order valence-electron chi connectivity index (χ0n) is 10.3. The Hall–Kier alpha value is -2.08. The Morgan fingerprint density at radius 3 is 2.63 bits per heavy atom. The molecule has 2 aromatic rings. The maximum Gasteiger partial charge on any atom is 0.309 e. The van der Waals surface area contributed by atoms with Gasteiger partial charge in [0, 0.05) is 5.38 Å². The van der Waals surface area contributed by atoms with Crippen molar-refractivity contribution in [2.24, 2.45) is 0 Å². The highest BCUT2D eigenvalue weighted by Gasteiger charge is 2.06. The predicted molar refractivity (Wildman–Crippen MR) is 70.8 cm³/mol. The van der Waals surface area contributed by atoms with E-state index in [1.165, 1.54) is 11.3 Å². The standard InChI is InChI=1S/C13H13NO4S/c1-17-10-2-4-11(5-3-10)18-7-12-14-9(8-19-12)6-13(15)16/h2-5,8H,6-7H2,1H3,(H,15,16). The lowest BCUT2D eigenvalue weighted by Crippen LogP contribution is -2.01. The van der Waals surface area contributed by atoms with Crippen LogP contribution in [-0.2, 0) is 17.8 Å². The van der Waals surface area contributed by atoms with E-state index in [0.717, 1.165) is 16.5 Å². The molecule has 0 unspecified atom stereocenters. The minimum absolute atomic E-state index is 0.0565. The van der Waals surface area contributed by atoms with Crippen LogP contribution in [-0.4, -0.2) is 23.2 Å². The molecule has 1 heterocycles. The molecule has 0 spiro atoms. The Labute approximate surface area is 114 Å². The third kappa shape index (κ3) is 3.96. The number of thiazole rings is 1. The molecule has 0 atom stereocenters. The molecule has 1 N–H and O–H groups in total. The number of hydrogen-bond acceptors (Lipinski definition) is 5. The Morgan fingerprint density at radius 1 is 1.32 bits per heavy atom. The summed E-state index contributed by atoms with van der Waals surface area (Å²) in [6.45, 7) is 0.330. The van der Waals surface area contributed by atoms with Gasteiger partial charge in [0.05, 0.1) is 19.2 Å². The molecular weight excluding hydrogens is 266 g/mol. The van der Waals surface area contributed by atoms with Gasteiger partial charge in [0.1, 0.15) is 23.1 Å². The van der Waals surface area contributed by atoms with Gasteiger partial charge in [-0.25, -0.2) is 4.98 Å². The van der Waals surface area contributed by atoms with Crippen molar-refractivity contribution in [1.82, 2.24) is 4.98 Å². The second kappa shape index (κ2) is 6.19. The summed E-state index contributed by atoms with van der Waals surface area (Å²) >= 11 is 1.39. The van der Waals surface area contributed by atoms with Crippen LogP contribution < -0.4 is 9.47 Å². The van der Waals surface area contributed by atoms with E-state index in [1.807, 2.05) is 24.3 Å². The fourth-order valence-electron chi connectivity index (χ4n) is 1.47. The Bertz CT molecular complexity index is 550. The lowest BCUT2D eigenvalue weighted by atomic mass is 10.3. The van der Waals surface area contributed by atoms with Crippen molar-refractivity contribution in [3.63, 3.8) is 0 Å². The molecule has 0 amide bonds. The normalized spacial score (nSPS) is 10.2. The number of ether oxygens (including phenoxy) is 2. The van der Waals surface area contributed by atoms with Gasteiger partial charge < -0.3 is 14.6 Å². The van der Waals surface area contributed by atoms with Crippen LogP contribution in [0.4, 0.5) is 0 Å². The lowest BCUT2D eigenvalue weighted by molar-refractivity contribution is -0.136. The Morgan fingerprint density at radius 2 is 2.00 bits per heavy atom. The first-order valence-corrected chi connectivity index (χ1v) is 6.47. The van der Waals surface area contributed by atoms with Crippen molar-refractivity contribution in [3.05, 3.63) is 40.3 Å². The fourth-order valence-corrected chi connectivity index (χ4v) is 2.17. The van der Waals surface area contributed by atoms with Crippen LogP contribution in [0.25, 0.3) is 0 Å². The number of rotatable bonds is 6. The molecule has 1 aromatic carbocycles. The van der Waals surface area contributed by atoms with Gasteiger partial charge >= 0.3 is 5.97 Å². The van der Waals surface area contributed by atoms with Gasteiger partial charge in [-0.2, -0.15) is 0 Å². The lowest BCUT2D eigenvalue weighted by Gasteiger charge is -2.04. The van der Waals surface area contributed by atoms with Crippen LogP contribution in [0.2, 0.25) is 0 Å². The quantitative estimate of drug-likeness (QED) is 0.879. The first-order chi connectivity index (χ1) is 9.17. The molecule has 0 saturated carbocycles. The molecule has 5 nitrogen and oxygen atoms in total. The van der Waals surface area contributed by atoms with Crippen LogP contribution >= 0.6 is 11.3 Å². The average molecular weight is 279 g/mol. The van der Waals surface area contributed by atoms with Crippen LogP contribution in [0.15, 0.2) is 29.6 Å². The molecule has 6 heteroatoms. The van der Waals surface area contributed by atoms with Gasteiger partial charge in [-0.05, 0) is 24.3 Å². The summed E-state index contributed by atoms with van der Waals surface area (Å²) in [6, 6.07) is 7.25. The van der Waals surface area contributed by atoms with Gasteiger partial charge in [0.2, 0.25) is 0 Å². The Balaban J connectivity index is 1.90.